The fourth-order valence-corrected chi connectivity index (χ4v) is 0.692. The molecule has 1 unspecified atom stereocenters. The number of allylic oxidation sites excluding steroid dienone is 2. The summed E-state index contributed by atoms with van der Waals surface area (Å²) >= 11 is 0. The molecule has 1 atom stereocenters. The lowest BCUT2D eigenvalue weighted by molar-refractivity contribution is 0.141. The van der Waals surface area contributed by atoms with E-state index in [-0.39, 0.29) is 0 Å². The first-order chi connectivity index (χ1) is 5.43. The molecule has 1 aliphatic heterocycles. The van der Waals surface area contributed by atoms with Crippen LogP contribution in [0.4, 0.5) is 0 Å². The summed E-state index contributed by atoms with van der Waals surface area (Å²) in [5, 5.41) is 0. The second-order valence-electron chi connectivity index (χ2n) is 2.49. The van der Waals surface area contributed by atoms with E-state index in [1.807, 2.05) is 18.2 Å². The molecule has 0 bridgehead atoms. The van der Waals surface area contributed by atoms with E-state index in [2.05, 4.69) is 6.58 Å². The maximum atomic E-state index is 5.26. The molecule has 0 saturated carbocycles. The summed E-state index contributed by atoms with van der Waals surface area (Å²) in [6.45, 7) is 5.90. The number of ether oxygens (including phenoxy) is 2. The number of hydrogen-bond donors (Lipinski definition) is 0. The highest BCUT2D eigenvalue weighted by Crippen LogP contribution is 2.07. The normalized spacial score (nSPS) is 22.4. The molecule has 0 aromatic rings. The van der Waals surface area contributed by atoms with Crippen LogP contribution in [0.5, 0.6) is 0 Å². The molecule has 1 aliphatic rings. The van der Waals surface area contributed by atoms with Gasteiger partial charge in [0.1, 0.15) is 6.10 Å². The topological polar surface area (TPSA) is 21.8 Å². The predicted molar refractivity (Wildman–Crippen MR) is 44.5 cm³/mol. The first-order valence-electron chi connectivity index (χ1n) is 3.88. The minimum Gasteiger partial charge on any atom is -0.375 e. The average Bonchev–Trinajstić information content (AvgIpc) is 2.80. The van der Waals surface area contributed by atoms with Crippen molar-refractivity contribution in [1.29, 1.82) is 0 Å². The summed E-state index contributed by atoms with van der Waals surface area (Å²) in [7, 11) is 0. The van der Waals surface area contributed by atoms with Gasteiger partial charge in [-0.2, -0.15) is 0 Å². The van der Waals surface area contributed by atoms with Gasteiger partial charge in [0.25, 0.3) is 0 Å². The summed E-state index contributed by atoms with van der Waals surface area (Å²) in [5.41, 5.74) is 0. The highest BCUT2D eigenvalue weighted by molar-refractivity contribution is 4.88. The Morgan fingerprint density at radius 1 is 1.55 bits per heavy atom. The largest absolute Gasteiger partial charge is 0.375 e. The van der Waals surface area contributed by atoms with E-state index < -0.39 is 0 Å². The van der Waals surface area contributed by atoms with Gasteiger partial charge in [-0.25, -0.2) is 0 Å². The molecule has 1 heterocycles. The van der Waals surface area contributed by atoms with Crippen molar-refractivity contribution in [3.05, 3.63) is 24.8 Å². The zero-order chi connectivity index (χ0) is 7.94. The maximum Gasteiger partial charge on any atom is 0.104 e. The van der Waals surface area contributed by atoms with Gasteiger partial charge in [-0.3, -0.25) is 0 Å². The van der Waals surface area contributed by atoms with Crippen molar-refractivity contribution in [2.75, 3.05) is 19.8 Å². The monoisotopic (exact) mass is 154 g/mol. The third-order valence-electron chi connectivity index (χ3n) is 1.39. The SMILES string of the molecule is C=CCC=CCOCC1CO1. The molecule has 1 fully saturated rings. The fourth-order valence-electron chi connectivity index (χ4n) is 0.692. The van der Waals surface area contributed by atoms with Crippen LogP contribution in [-0.2, 0) is 9.47 Å². The number of rotatable bonds is 6. The van der Waals surface area contributed by atoms with Crippen LogP contribution in [0.3, 0.4) is 0 Å². The number of epoxide rings is 1. The molecule has 11 heavy (non-hydrogen) atoms. The zero-order valence-electron chi connectivity index (χ0n) is 6.66. The average molecular weight is 154 g/mol. The van der Waals surface area contributed by atoms with E-state index >= 15 is 0 Å². The van der Waals surface area contributed by atoms with Crippen LogP contribution in [0.25, 0.3) is 0 Å². The van der Waals surface area contributed by atoms with E-state index in [1.54, 1.807) is 0 Å². The highest BCUT2D eigenvalue weighted by Gasteiger charge is 2.21. The van der Waals surface area contributed by atoms with Crippen LogP contribution in [0.15, 0.2) is 24.8 Å². The van der Waals surface area contributed by atoms with Crippen molar-refractivity contribution in [1.82, 2.24) is 0 Å². The molecule has 2 nitrogen and oxygen atoms in total. The van der Waals surface area contributed by atoms with Crippen molar-refractivity contribution >= 4 is 0 Å². The molecular formula is C9H14O2. The van der Waals surface area contributed by atoms with Crippen molar-refractivity contribution in [3.8, 4) is 0 Å². The van der Waals surface area contributed by atoms with Crippen LogP contribution in [-0.4, -0.2) is 25.9 Å². The molecule has 0 amide bonds. The molecule has 0 radical (unpaired) electrons. The second kappa shape index (κ2) is 5.10. The Morgan fingerprint density at radius 2 is 2.36 bits per heavy atom. The summed E-state index contributed by atoms with van der Waals surface area (Å²) in [4.78, 5) is 0. The first-order valence-corrected chi connectivity index (χ1v) is 3.88. The quantitative estimate of drug-likeness (QED) is 0.329. The molecule has 0 N–H and O–H groups in total. The van der Waals surface area contributed by atoms with Gasteiger partial charge in [0, 0.05) is 0 Å². The summed E-state index contributed by atoms with van der Waals surface area (Å²) < 4.78 is 10.2. The van der Waals surface area contributed by atoms with Gasteiger partial charge in [0.05, 0.1) is 19.8 Å². The Morgan fingerprint density at radius 3 is 3.00 bits per heavy atom. The Balaban J connectivity index is 1.82. The minimum atomic E-state index is 0.378. The molecular weight excluding hydrogens is 140 g/mol. The van der Waals surface area contributed by atoms with Crippen LogP contribution >= 0.6 is 0 Å². The van der Waals surface area contributed by atoms with Gasteiger partial charge in [0.2, 0.25) is 0 Å². The fraction of sp³-hybridized carbons (Fsp3) is 0.556. The van der Waals surface area contributed by atoms with Crippen molar-refractivity contribution in [2.45, 2.75) is 12.5 Å². The minimum absolute atomic E-state index is 0.378. The standard InChI is InChI=1S/C9H14O2/c1-2-3-4-5-6-10-7-9-8-11-9/h2,4-5,9H,1,3,6-8H2. The molecule has 0 aliphatic carbocycles. The highest BCUT2D eigenvalue weighted by atomic mass is 16.6. The molecule has 0 aromatic carbocycles. The van der Waals surface area contributed by atoms with E-state index in [1.165, 1.54) is 0 Å². The van der Waals surface area contributed by atoms with Gasteiger partial charge in [-0.15, -0.1) is 6.58 Å². The predicted octanol–water partition coefficient (Wildman–Crippen LogP) is 1.53. The van der Waals surface area contributed by atoms with Gasteiger partial charge >= 0.3 is 0 Å². The van der Waals surface area contributed by atoms with Crippen molar-refractivity contribution in [3.63, 3.8) is 0 Å². The lowest BCUT2D eigenvalue weighted by Gasteiger charge is -1.94. The Hall–Kier alpha value is -0.600. The van der Waals surface area contributed by atoms with Crippen molar-refractivity contribution < 1.29 is 9.47 Å². The molecule has 1 saturated heterocycles. The van der Waals surface area contributed by atoms with Crippen LogP contribution < -0.4 is 0 Å². The van der Waals surface area contributed by atoms with E-state index in [0.717, 1.165) is 19.6 Å². The molecule has 0 aromatic heterocycles. The van der Waals surface area contributed by atoms with Gasteiger partial charge in [0.15, 0.2) is 0 Å². The number of hydrogen-bond acceptors (Lipinski definition) is 2. The van der Waals surface area contributed by atoms with Crippen LogP contribution in [0.1, 0.15) is 6.42 Å². The van der Waals surface area contributed by atoms with Gasteiger partial charge in [-0.1, -0.05) is 18.2 Å². The lowest BCUT2D eigenvalue weighted by atomic mass is 10.4. The molecule has 0 spiro atoms. The van der Waals surface area contributed by atoms with Gasteiger partial charge in [-0.05, 0) is 6.42 Å². The summed E-state index contributed by atoms with van der Waals surface area (Å²) in [6.07, 6.45) is 7.21. The molecule has 1 rings (SSSR count). The van der Waals surface area contributed by atoms with Crippen LogP contribution in [0, 0.1) is 0 Å². The third kappa shape index (κ3) is 4.76. The molecule has 2 heteroatoms. The first kappa shape index (κ1) is 8.50. The smallest absolute Gasteiger partial charge is 0.104 e. The maximum absolute atomic E-state index is 5.26. The van der Waals surface area contributed by atoms with Gasteiger partial charge < -0.3 is 9.47 Å². The van der Waals surface area contributed by atoms with E-state index in [9.17, 15) is 0 Å². The second-order valence-corrected chi connectivity index (χ2v) is 2.49. The van der Waals surface area contributed by atoms with Crippen LogP contribution in [0.2, 0.25) is 0 Å². The third-order valence-corrected chi connectivity index (χ3v) is 1.39. The summed E-state index contributed by atoms with van der Waals surface area (Å²) in [6, 6.07) is 0. The Bertz CT molecular complexity index is 136. The summed E-state index contributed by atoms with van der Waals surface area (Å²) in [5.74, 6) is 0. The lowest BCUT2D eigenvalue weighted by Crippen LogP contribution is -2.00. The van der Waals surface area contributed by atoms with E-state index in [0.29, 0.717) is 12.7 Å². The molecule has 62 valence electrons. The van der Waals surface area contributed by atoms with Crippen molar-refractivity contribution in [2.24, 2.45) is 0 Å². The zero-order valence-corrected chi connectivity index (χ0v) is 6.66. The Labute approximate surface area is 67.5 Å². The van der Waals surface area contributed by atoms with E-state index in [4.69, 9.17) is 9.47 Å². The Kier molecular flexibility index (Phi) is 3.94.